The second-order valence-electron chi connectivity index (χ2n) is 29.4. The first-order chi connectivity index (χ1) is 49.7. The Morgan fingerprint density at radius 1 is 0.495 bits per heavy atom. The first-order valence-electron chi connectivity index (χ1n) is 37.0. The lowest BCUT2D eigenvalue weighted by molar-refractivity contribution is 0.194. The minimum Gasteiger partial charge on any atom is -0.485 e. The van der Waals surface area contributed by atoms with Gasteiger partial charge in [0.1, 0.15) is 46.5 Å². The van der Waals surface area contributed by atoms with Crippen molar-refractivity contribution in [3.63, 3.8) is 0 Å². The molecule has 10 aliphatic carbocycles. The van der Waals surface area contributed by atoms with Gasteiger partial charge in [-0.25, -0.2) is 8.78 Å². The van der Waals surface area contributed by atoms with Crippen LogP contribution < -0.4 is 24.0 Å². The molecule has 0 amide bonds. The molecule has 0 fully saturated rings. The fourth-order valence-corrected chi connectivity index (χ4v) is 19.8. The Kier molecular flexibility index (Phi) is 16.2. The Labute approximate surface area is 593 Å². The van der Waals surface area contributed by atoms with E-state index in [0.717, 1.165) is 152 Å². The zero-order valence-corrected chi connectivity index (χ0v) is 57.3. The molecular weight excluding hydrogens is 1240 g/mol. The van der Waals surface area contributed by atoms with Crippen molar-refractivity contribution in [2.75, 3.05) is 9.80 Å². The van der Waals surface area contributed by atoms with Crippen LogP contribution >= 0.6 is 0 Å². The molecule has 7 aromatic carbocycles. The van der Waals surface area contributed by atoms with Crippen molar-refractivity contribution < 1.29 is 23.0 Å². The van der Waals surface area contributed by atoms with Crippen LogP contribution in [0.4, 0.5) is 31.5 Å². The molecule has 0 N–H and O–H groups in total. The van der Waals surface area contributed by atoms with Crippen molar-refractivity contribution in [2.45, 2.75) is 131 Å². The van der Waals surface area contributed by atoms with Crippen LogP contribution in [0.3, 0.4) is 0 Å². The average Bonchev–Trinajstić information content (AvgIpc) is 1.53. The molecule has 0 aromatic heterocycles. The normalized spacial score (nSPS) is 26.2. The predicted octanol–water partition coefficient (Wildman–Crippen LogP) is 24.7. The third-order valence-corrected chi connectivity index (χ3v) is 24.3. The van der Waals surface area contributed by atoms with E-state index in [9.17, 15) is 0 Å². The van der Waals surface area contributed by atoms with Gasteiger partial charge < -0.3 is 24.0 Å². The Bertz CT molecular complexity index is 4890. The number of rotatable bonds is 16. The summed E-state index contributed by atoms with van der Waals surface area (Å²) in [5.41, 5.74) is 21.2. The predicted molar refractivity (Wildman–Crippen MR) is 407 cm³/mol. The van der Waals surface area contributed by atoms with Gasteiger partial charge in [-0.05, 0) is 290 Å². The van der Waals surface area contributed by atoms with Crippen LogP contribution in [0.1, 0.15) is 159 Å². The third-order valence-electron chi connectivity index (χ3n) is 24.3. The largest absolute Gasteiger partial charge is 0.485 e. The number of hydrogen-bond donors (Lipinski definition) is 0. The maximum atomic E-state index is 15.3. The molecule has 7 heteroatoms. The van der Waals surface area contributed by atoms with E-state index in [4.69, 9.17) is 14.2 Å². The van der Waals surface area contributed by atoms with Gasteiger partial charge in [0, 0.05) is 81.1 Å². The minimum absolute atomic E-state index is 0.0675. The van der Waals surface area contributed by atoms with Gasteiger partial charge in [-0.1, -0.05) is 146 Å². The van der Waals surface area contributed by atoms with E-state index in [-0.39, 0.29) is 46.3 Å². The number of allylic oxidation sites excluding steroid dienone is 23. The lowest BCUT2D eigenvalue weighted by atomic mass is 9.56. The quantitative estimate of drug-likeness (QED) is 0.0901. The first-order valence-corrected chi connectivity index (χ1v) is 37.0. The molecule has 0 bridgehead atoms. The van der Waals surface area contributed by atoms with Gasteiger partial charge in [-0.2, -0.15) is 0 Å². The van der Waals surface area contributed by atoms with Crippen LogP contribution in [-0.4, -0.2) is 6.10 Å². The van der Waals surface area contributed by atoms with E-state index < -0.39 is 0 Å². The standard InChI is InChI=1S/C94H84F2N2O3/c1-3-61-23-44-77(45-24-61)99-79-48-28-67(29-49-79)93(65-15-7-5-8-16-65)87-21-13-11-19-81(87)83-52-41-75(59-89(83)93)97(71-37-32-69(95)33-38-71)73-36-27-63-57-92-85(56-64(63)55-73)86-58-74(43-54-91(86)101-92)98(72-39-34-70(96)35-40-72)76-42-53-84-82-20-12-14-22-88(82)94(90(84)60-76,66-17-9-6-10-18-66)68-30-50-80(51-31-68)100-78-46-25-62(4-2)26-47-78/h3-7,9,11-12,15,19-20,23,25-26,28-32,34-35,37,39-44,46-60,66,81-82,85,87-88,92H,1-2,8,10,13-14,16-18,21-22,24,27,33,36,38,45H2. The topological polar surface area (TPSA) is 34.2 Å². The van der Waals surface area contributed by atoms with E-state index in [1.54, 1.807) is 18.2 Å². The second kappa shape index (κ2) is 26.1. The van der Waals surface area contributed by atoms with Crippen LogP contribution in [0, 0.1) is 23.6 Å². The lowest BCUT2D eigenvalue weighted by Gasteiger charge is -2.46. The Morgan fingerprint density at radius 2 is 1.18 bits per heavy atom. The highest BCUT2D eigenvalue weighted by Gasteiger charge is 2.57. The molecule has 0 spiro atoms. The Morgan fingerprint density at radius 3 is 1.89 bits per heavy atom. The van der Waals surface area contributed by atoms with E-state index in [1.165, 1.54) is 61.4 Å². The second-order valence-corrected chi connectivity index (χ2v) is 29.4. The average molecular weight is 1330 g/mol. The molecule has 0 radical (unpaired) electrons. The summed E-state index contributed by atoms with van der Waals surface area (Å²) in [6.07, 6.45) is 54.1. The molecule has 9 unspecified atom stereocenters. The number of hydrogen-bond acceptors (Lipinski definition) is 5. The summed E-state index contributed by atoms with van der Waals surface area (Å²) in [7, 11) is 0. The summed E-state index contributed by atoms with van der Waals surface area (Å²) in [4.78, 5) is 4.82. The van der Waals surface area contributed by atoms with Crippen LogP contribution in [0.25, 0.3) is 6.08 Å². The molecule has 101 heavy (non-hydrogen) atoms. The van der Waals surface area contributed by atoms with Crippen molar-refractivity contribution in [2.24, 2.45) is 17.8 Å². The highest BCUT2D eigenvalue weighted by atomic mass is 19.1. The van der Waals surface area contributed by atoms with Gasteiger partial charge in [0.25, 0.3) is 0 Å². The molecule has 5 nitrogen and oxygen atoms in total. The summed E-state index contributed by atoms with van der Waals surface area (Å²) < 4.78 is 50.6. The molecule has 502 valence electrons. The Hall–Kier alpha value is -10.2. The van der Waals surface area contributed by atoms with Gasteiger partial charge in [-0.3, -0.25) is 0 Å². The molecule has 9 atom stereocenters. The number of benzene rings is 7. The van der Waals surface area contributed by atoms with E-state index in [1.807, 2.05) is 54.6 Å². The molecule has 11 aliphatic rings. The van der Waals surface area contributed by atoms with Gasteiger partial charge in [-0.15, -0.1) is 0 Å². The highest BCUT2D eigenvalue weighted by molar-refractivity contribution is 5.80. The van der Waals surface area contributed by atoms with E-state index in [0.29, 0.717) is 30.6 Å². The molecule has 0 saturated carbocycles. The van der Waals surface area contributed by atoms with Gasteiger partial charge >= 0.3 is 0 Å². The summed E-state index contributed by atoms with van der Waals surface area (Å²) >= 11 is 0. The van der Waals surface area contributed by atoms with Crippen molar-refractivity contribution in [1.29, 1.82) is 0 Å². The summed E-state index contributed by atoms with van der Waals surface area (Å²) in [5, 5.41) is 0. The van der Waals surface area contributed by atoms with Crippen LogP contribution in [0.2, 0.25) is 0 Å². The van der Waals surface area contributed by atoms with E-state index in [2.05, 4.69) is 211 Å². The molecule has 0 saturated heterocycles. The lowest BCUT2D eigenvalue weighted by Crippen LogP contribution is -2.42. The van der Waals surface area contributed by atoms with Gasteiger partial charge in [0.2, 0.25) is 0 Å². The highest BCUT2D eigenvalue weighted by Crippen LogP contribution is 2.66. The summed E-state index contributed by atoms with van der Waals surface area (Å²) in [6, 6.07) is 54.4. The first kappa shape index (κ1) is 63.0. The SMILES string of the molecule is C=CC1=CC=C(Oc2ccc(C3(C4=CC=CCC4)c4cc(N(C5=CC=C(F)CC5)C5=CC6=CC7c8cc(N(c9ccc(F)cc9)c9ccc%10c(c9)C(c9ccc(Oc%11ccc(C=C)cc%11)cc9)(C9CC=CCC9)C9CCC=CC%109)ccc8OC7C=C6CC5)ccc4C4C=CCCC43)cc2)CC1. The third kappa shape index (κ3) is 10.9. The van der Waals surface area contributed by atoms with Crippen molar-refractivity contribution in [1.82, 2.24) is 0 Å². The van der Waals surface area contributed by atoms with Crippen molar-refractivity contribution in [3.05, 3.63) is 364 Å². The fourth-order valence-electron chi connectivity index (χ4n) is 19.8. The van der Waals surface area contributed by atoms with Crippen molar-refractivity contribution >= 4 is 28.8 Å². The molecular formula is C94H84F2N2O3. The molecule has 18 rings (SSSR count). The smallest absolute Gasteiger partial charge is 0.128 e. The zero-order chi connectivity index (χ0) is 67.8. The molecule has 7 aromatic rings. The molecule has 1 heterocycles. The minimum atomic E-state index is -0.384. The number of anilines is 4. The van der Waals surface area contributed by atoms with Gasteiger partial charge in [0.05, 0.1) is 0 Å². The number of halogens is 2. The fraction of sp³-hybridized carbons (Fsp3) is 0.255. The van der Waals surface area contributed by atoms with Crippen molar-refractivity contribution in [3.8, 4) is 23.0 Å². The van der Waals surface area contributed by atoms with Crippen LogP contribution in [0.5, 0.6) is 23.0 Å². The molecule has 1 aliphatic heterocycles. The summed E-state index contributed by atoms with van der Waals surface area (Å²) in [6.45, 7) is 7.93. The van der Waals surface area contributed by atoms with E-state index >= 15 is 8.78 Å². The monoisotopic (exact) mass is 1330 g/mol. The van der Waals surface area contributed by atoms with Crippen LogP contribution in [-0.2, 0) is 10.8 Å². The zero-order valence-electron chi connectivity index (χ0n) is 57.3. The number of fused-ring (bicyclic) bond motifs is 10. The number of ether oxygens (including phenoxy) is 3. The Balaban J connectivity index is 0.717. The maximum absolute atomic E-state index is 15.3. The maximum Gasteiger partial charge on any atom is 0.128 e. The van der Waals surface area contributed by atoms with Gasteiger partial charge in [0.15, 0.2) is 0 Å². The van der Waals surface area contributed by atoms with Crippen LogP contribution in [0.15, 0.2) is 313 Å². The number of nitrogens with zero attached hydrogens (tertiary/aromatic N) is 2. The summed E-state index contributed by atoms with van der Waals surface area (Å²) in [5.74, 6) is 5.46.